The van der Waals surface area contributed by atoms with Gasteiger partial charge >= 0.3 is 12.1 Å². The van der Waals surface area contributed by atoms with E-state index in [2.05, 4.69) is 10.1 Å². The maximum Gasteiger partial charge on any atom is 0.417 e. The fraction of sp³-hybridized carbons (Fsp3) is 0.350. The molecule has 158 valence electrons. The lowest BCUT2D eigenvalue weighted by molar-refractivity contribution is -0.308. The van der Waals surface area contributed by atoms with Crippen LogP contribution in [-0.2, 0) is 4.74 Å². The minimum Gasteiger partial charge on any atom is -0.478 e. The molecule has 3 aromatic rings. The SMILES string of the molecule is O=C(O)c1ccc(-n2ncc3cc([C@@H](O)COC4(C(F)(F)F)CCC4)cnc32)cc1. The van der Waals surface area contributed by atoms with Crippen molar-refractivity contribution in [2.75, 3.05) is 6.61 Å². The molecule has 0 spiro atoms. The molecule has 1 saturated carbocycles. The Balaban J connectivity index is 1.52. The number of pyridine rings is 1. The van der Waals surface area contributed by atoms with Gasteiger partial charge in [0.2, 0.25) is 0 Å². The summed E-state index contributed by atoms with van der Waals surface area (Å²) < 4.78 is 46.2. The Morgan fingerprint density at radius 1 is 1.23 bits per heavy atom. The van der Waals surface area contributed by atoms with Crippen molar-refractivity contribution >= 4 is 17.0 Å². The van der Waals surface area contributed by atoms with Gasteiger partial charge in [-0.25, -0.2) is 14.5 Å². The van der Waals surface area contributed by atoms with E-state index in [9.17, 15) is 23.1 Å². The van der Waals surface area contributed by atoms with Crippen LogP contribution in [0.5, 0.6) is 0 Å². The minimum absolute atomic E-state index is 0.103. The number of carboxylic acid groups (broad SMARTS) is 1. The number of aromatic nitrogens is 3. The Labute approximate surface area is 168 Å². The highest BCUT2D eigenvalue weighted by molar-refractivity contribution is 5.87. The molecule has 4 rings (SSSR count). The number of hydrogen-bond donors (Lipinski definition) is 2. The fourth-order valence-electron chi connectivity index (χ4n) is 3.40. The topological polar surface area (TPSA) is 97.5 Å². The summed E-state index contributed by atoms with van der Waals surface area (Å²) in [6.07, 6.45) is -2.63. The van der Waals surface area contributed by atoms with Crippen LogP contribution in [0.15, 0.2) is 42.7 Å². The standard InChI is InChI=1S/C20H18F3N3O4/c21-20(22,23)19(6-1-7-19)30-11-16(27)13-8-14-10-25-26(17(14)24-9-13)15-4-2-12(3-5-15)18(28)29/h2-5,8-10,16,27H,1,6-7,11H2,(H,28,29)/t16-/m0/s1. The number of aromatic carboxylic acids is 1. The van der Waals surface area contributed by atoms with Crippen LogP contribution >= 0.6 is 0 Å². The number of nitrogens with zero attached hydrogens (tertiary/aromatic N) is 3. The summed E-state index contributed by atoms with van der Waals surface area (Å²) in [6.45, 7) is -0.489. The highest BCUT2D eigenvalue weighted by atomic mass is 19.4. The molecule has 0 amide bonds. The molecule has 0 aliphatic heterocycles. The number of halogens is 3. The summed E-state index contributed by atoms with van der Waals surface area (Å²) in [5.74, 6) is -1.04. The molecule has 2 heterocycles. The second-order valence-corrected chi connectivity index (χ2v) is 7.26. The number of rotatable bonds is 6. The lowest BCUT2D eigenvalue weighted by atomic mass is 9.79. The normalized spacial score (nSPS) is 16.9. The van der Waals surface area contributed by atoms with Gasteiger partial charge in [0.05, 0.1) is 24.1 Å². The third kappa shape index (κ3) is 3.52. The second kappa shape index (κ2) is 7.37. The van der Waals surface area contributed by atoms with E-state index < -0.39 is 30.5 Å². The van der Waals surface area contributed by atoms with Crippen LogP contribution < -0.4 is 0 Å². The lowest BCUT2D eigenvalue weighted by Gasteiger charge is -2.43. The van der Waals surface area contributed by atoms with Crippen LogP contribution in [0.4, 0.5) is 13.2 Å². The third-order valence-electron chi connectivity index (χ3n) is 5.37. The number of hydrogen-bond acceptors (Lipinski definition) is 5. The molecular weight excluding hydrogens is 403 g/mol. The Morgan fingerprint density at radius 2 is 1.93 bits per heavy atom. The fourth-order valence-corrected chi connectivity index (χ4v) is 3.40. The summed E-state index contributed by atoms with van der Waals surface area (Å²) in [5.41, 5.74) is -0.660. The van der Waals surface area contributed by atoms with Crippen molar-refractivity contribution in [1.82, 2.24) is 14.8 Å². The van der Waals surface area contributed by atoms with Gasteiger partial charge in [-0.15, -0.1) is 0 Å². The van der Waals surface area contributed by atoms with Gasteiger partial charge in [0.15, 0.2) is 11.2 Å². The zero-order chi connectivity index (χ0) is 21.5. The third-order valence-corrected chi connectivity index (χ3v) is 5.37. The molecule has 1 fully saturated rings. The first kappa shape index (κ1) is 20.3. The molecular formula is C20H18F3N3O4. The van der Waals surface area contributed by atoms with Crippen molar-refractivity contribution < 1.29 is 32.9 Å². The van der Waals surface area contributed by atoms with E-state index in [-0.39, 0.29) is 18.4 Å². The van der Waals surface area contributed by atoms with E-state index >= 15 is 0 Å². The number of aliphatic hydroxyl groups is 1. The van der Waals surface area contributed by atoms with Gasteiger partial charge in [0.25, 0.3) is 0 Å². The number of aliphatic hydroxyl groups excluding tert-OH is 1. The average Bonchev–Trinajstić information content (AvgIpc) is 3.09. The van der Waals surface area contributed by atoms with E-state index in [4.69, 9.17) is 9.84 Å². The van der Waals surface area contributed by atoms with Crippen LogP contribution in [0.1, 0.15) is 41.3 Å². The number of benzene rings is 1. The highest BCUT2D eigenvalue weighted by Gasteiger charge is 2.59. The number of alkyl halides is 3. The summed E-state index contributed by atoms with van der Waals surface area (Å²) in [6, 6.07) is 7.65. The van der Waals surface area contributed by atoms with Crippen LogP contribution in [0.25, 0.3) is 16.7 Å². The van der Waals surface area contributed by atoms with E-state index in [1.165, 1.54) is 29.2 Å². The van der Waals surface area contributed by atoms with Crippen molar-refractivity contribution in [2.24, 2.45) is 0 Å². The van der Waals surface area contributed by atoms with E-state index in [0.29, 0.717) is 28.7 Å². The average molecular weight is 421 g/mol. The van der Waals surface area contributed by atoms with Crippen molar-refractivity contribution in [1.29, 1.82) is 0 Å². The van der Waals surface area contributed by atoms with Crippen LogP contribution in [0, 0.1) is 0 Å². The van der Waals surface area contributed by atoms with Crippen LogP contribution in [0.2, 0.25) is 0 Å². The van der Waals surface area contributed by atoms with Gasteiger partial charge in [-0.1, -0.05) is 0 Å². The van der Waals surface area contributed by atoms with E-state index in [1.807, 2.05) is 0 Å². The van der Waals surface area contributed by atoms with Gasteiger partial charge < -0.3 is 14.9 Å². The van der Waals surface area contributed by atoms with E-state index in [1.54, 1.807) is 18.2 Å². The van der Waals surface area contributed by atoms with Gasteiger partial charge in [-0.05, 0) is 49.6 Å². The maximum atomic E-state index is 13.2. The first-order valence-corrected chi connectivity index (χ1v) is 9.26. The van der Waals surface area contributed by atoms with Gasteiger partial charge in [0.1, 0.15) is 6.10 Å². The molecule has 30 heavy (non-hydrogen) atoms. The number of carbonyl (C=O) groups is 1. The minimum atomic E-state index is -4.47. The largest absolute Gasteiger partial charge is 0.478 e. The van der Waals surface area contributed by atoms with Gasteiger partial charge in [-0.3, -0.25) is 0 Å². The molecule has 10 heteroatoms. The second-order valence-electron chi connectivity index (χ2n) is 7.26. The molecule has 1 aromatic carbocycles. The van der Waals surface area contributed by atoms with Crippen molar-refractivity contribution in [3.05, 3.63) is 53.9 Å². The van der Waals surface area contributed by atoms with Gasteiger partial charge in [0, 0.05) is 17.1 Å². The first-order chi connectivity index (χ1) is 14.2. The number of carboxylic acids is 1. The Kier molecular flexibility index (Phi) is 4.99. The van der Waals surface area contributed by atoms with Crippen molar-refractivity contribution in [3.63, 3.8) is 0 Å². The number of fused-ring (bicyclic) bond motifs is 1. The van der Waals surface area contributed by atoms with E-state index in [0.717, 1.165) is 0 Å². The Bertz CT molecular complexity index is 1080. The molecule has 2 N–H and O–H groups in total. The molecule has 0 bridgehead atoms. The summed E-state index contributed by atoms with van der Waals surface area (Å²) in [4.78, 5) is 15.2. The number of ether oxygens (including phenoxy) is 1. The maximum absolute atomic E-state index is 13.2. The molecule has 0 unspecified atom stereocenters. The molecule has 1 aliphatic rings. The molecule has 0 saturated heterocycles. The molecule has 2 aromatic heterocycles. The molecule has 7 nitrogen and oxygen atoms in total. The highest BCUT2D eigenvalue weighted by Crippen LogP contribution is 2.48. The van der Waals surface area contributed by atoms with Crippen LogP contribution in [-0.4, -0.2) is 49.3 Å². The van der Waals surface area contributed by atoms with Crippen molar-refractivity contribution in [2.45, 2.75) is 37.1 Å². The molecule has 0 radical (unpaired) electrons. The smallest absolute Gasteiger partial charge is 0.417 e. The lowest BCUT2D eigenvalue weighted by Crippen LogP contribution is -2.53. The van der Waals surface area contributed by atoms with Crippen molar-refractivity contribution in [3.8, 4) is 5.69 Å². The summed E-state index contributed by atoms with van der Waals surface area (Å²) >= 11 is 0. The zero-order valence-electron chi connectivity index (χ0n) is 15.6. The zero-order valence-corrected chi connectivity index (χ0v) is 15.6. The Morgan fingerprint density at radius 3 is 2.50 bits per heavy atom. The molecule has 1 aliphatic carbocycles. The predicted molar refractivity (Wildman–Crippen MR) is 99.4 cm³/mol. The molecule has 1 atom stereocenters. The van der Waals surface area contributed by atoms with Crippen LogP contribution in [0.3, 0.4) is 0 Å². The summed E-state index contributed by atoms with van der Waals surface area (Å²) in [5, 5.41) is 24.1. The quantitative estimate of drug-likeness (QED) is 0.631. The Hall–Kier alpha value is -2.98. The predicted octanol–water partition coefficient (Wildman–Crippen LogP) is 3.65. The van der Waals surface area contributed by atoms with Gasteiger partial charge in [-0.2, -0.15) is 18.3 Å². The summed E-state index contributed by atoms with van der Waals surface area (Å²) in [7, 11) is 0. The first-order valence-electron chi connectivity index (χ1n) is 9.26. The monoisotopic (exact) mass is 421 g/mol.